The molecule has 1 aliphatic rings. The molecular weight excluding hydrogens is 166 g/mol. The van der Waals surface area contributed by atoms with Crippen molar-refractivity contribution in [1.29, 1.82) is 0 Å². The number of hydrogen-bond donors (Lipinski definition) is 1. The van der Waals surface area contributed by atoms with Crippen molar-refractivity contribution in [2.75, 3.05) is 20.3 Å². The average Bonchev–Trinajstić information content (AvgIpc) is 2.01. The first-order valence-corrected chi connectivity index (χ1v) is 5.11. The van der Waals surface area contributed by atoms with Crippen LogP contribution in [0.1, 0.15) is 32.1 Å². The van der Waals surface area contributed by atoms with Gasteiger partial charge in [0.15, 0.2) is 0 Å². The summed E-state index contributed by atoms with van der Waals surface area (Å²) in [4.78, 5) is 11.3. The molecule has 0 unspecified atom stereocenters. The monoisotopic (exact) mass is 185 g/mol. The first kappa shape index (κ1) is 10.5. The lowest BCUT2D eigenvalue weighted by Gasteiger charge is -2.23. The van der Waals surface area contributed by atoms with Crippen LogP contribution in [0.3, 0.4) is 0 Å². The molecule has 1 N–H and O–H groups in total. The highest BCUT2D eigenvalue weighted by molar-refractivity contribution is 5.79. The average molecular weight is 185 g/mol. The molecule has 1 aliphatic carbocycles. The van der Waals surface area contributed by atoms with E-state index in [0.29, 0.717) is 5.92 Å². The van der Waals surface area contributed by atoms with Gasteiger partial charge in [-0.15, -0.1) is 0 Å². The van der Waals surface area contributed by atoms with Gasteiger partial charge in [-0.05, 0) is 25.7 Å². The zero-order valence-electron chi connectivity index (χ0n) is 8.34. The third-order valence-electron chi connectivity index (χ3n) is 2.55. The van der Waals surface area contributed by atoms with Crippen LogP contribution in [0, 0.1) is 5.92 Å². The lowest BCUT2D eigenvalue weighted by atomic mass is 9.85. The number of rotatable bonds is 6. The Morgan fingerprint density at radius 2 is 2.23 bits per heavy atom. The summed E-state index contributed by atoms with van der Waals surface area (Å²) in [6.45, 7) is 1.60. The van der Waals surface area contributed by atoms with Crippen molar-refractivity contribution in [1.82, 2.24) is 5.32 Å². The molecule has 0 aromatic heterocycles. The Kier molecular flexibility index (Phi) is 4.83. The van der Waals surface area contributed by atoms with Gasteiger partial charge in [0, 0.05) is 26.2 Å². The van der Waals surface area contributed by atoms with Crippen LogP contribution in [-0.2, 0) is 9.53 Å². The van der Waals surface area contributed by atoms with Crippen molar-refractivity contribution in [3.8, 4) is 0 Å². The summed E-state index contributed by atoms with van der Waals surface area (Å²) in [5.41, 5.74) is 0. The summed E-state index contributed by atoms with van der Waals surface area (Å²) >= 11 is 0. The Bertz CT molecular complexity index is 155. The van der Waals surface area contributed by atoms with Gasteiger partial charge < -0.3 is 10.1 Å². The number of methoxy groups -OCH3 is 1. The number of unbranched alkanes of at least 4 members (excludes halogenated alkanes) is 1. The zero-order chi connectivity index (χ0) is 9.52. The lowest BCUT2D eigenvalue weighted by Crippen LogP contribution is -2.34. The van der Waals surface area contributed by atoms with Crippen molar-refractivity contribution < 1.29 is 9.53 Å². The molecule has 1 rings (SSSR count). The molecule has 0 atom stereocenters. The van der Waals surface area contributed by atoms with Crippen LogP contribution in [0.25, 0.3) is 0 Å². The summed E-state index contributed by atoms with van der Waals surface area (Å²) in [6.07, 6.45) is 5.45. The predicted molar refractivity (Wildman–Crippen MR) is 51.5 cm³/mol. The molecule has 1 amide bonds. The largest absolute Gasteiger partial charge is 0.385 e. The van der Waals surface area contributed by atoms with Crippen LogP contribution in [0.2, 0.25) is 0 Å². The predicted octanol–water partition coefficient (Wildman–Crippen LogP) is 1.33. The van der Waals surface area contributed by atoms with Crippen LogP contribution < -0.4 is 5.32 Å². The van der Waals surface area contributed by atoms with E-state index in [1.807, 2.05) is 0 Å². The van der Waals surface area contributed by atoms with E-state index in [1.165, 1.54) is 6.42 Å². The van der Waals surface area contributed by atoms with Gasteiger partial charge in [0.2, 0.25) is 5.91 Å². The maximum Gasteiger partial charge on any atom is 0.223 e. The van der Waals surface area contributed by atoms with E-state index < -0.39 is 0 Å². The van der Waals surface area contributed by atoms with E-state index in [-0.39, 0.29) is 5.91 Å². The molecule has 0 aromatic rings. The van der Waals surface area contributed by atoms with Crippen molar-refractivity contribution in [2.24, 2.45) is 5.92 Å². The first-order valence-electron chi connectivity index (χ1n) is 5.11. The van der Waals surface area contributed by atoms with Gasteiger partial charge in [-0.2, -0.15) is 0 Å². The fourth-order valence-electron chi connectivity index (χ4n) is 1.40. The molecule has 3 heteroatoms. The van der Waals surface area contributed by atoms with E-state index in [2.05, 4.69) is 5.32 Å². The highest BCUT2D eigenvalue weighted by Crippen LogP contribution is 2.25. The Hall–Kier alpha value is -0.570. The molecule has 3 nitrogen and oxygen atoms in total. The SMILES string of the molecule is COCCCCNC(=O)C1CCC1. The van der Waals surface area contributed by atoms with Crippen molar-refractivity contribution in [2.45, 2.75) is 32.1 Å². The van der Waals surface area contributed by atoms with Crippen molar-refractivity contribution in [3.63, 3.8) is 0 Å². The van der Waals surface area contributed by atoms with Crippen LogP contribution in [0.15, 0.2) is 0 Å². The Morgan fingerprint density at radius 3 is 2.77 bits per heavy atom. The molecule has 76 valence electrons. The highest BCUT2D eigenvalue weighted by atomic mass is 16.5. The molecule has 0 heterocycles. The van der Waals surface area contributed by atoms with Crippen LogP contribution in [0.5, 0.6) is 0 Å². The molecule has 1 saturated carbocycles. The van der Waals surface area contributed by atoms with Crippen LogP contribution in [0.4, 0.5) is 0 Å². The zero-order valence-corrected chi connectivity index (χ0v) is 8.34. The Balaban J connectivity index is 1.89. The lowest BCUT2D eigenvalue weighted by molar-refractivity contribution is -0.127. The second kappa shape index (κ2) is 5.97. The summed E-state index contributed by atoms with van der Waals surface area (Å²) in [7, 11) is 1.70. The number of amides is 1. The molecule has 0 bridgehead atoms. The second-order valence-electron chi connectivity index (χ2n) is 3.62. The number of hydrogen-bond acceptors (Lipinski definition) is 2. The minimum absolute atomic E-state index is 0.253. The third kappa shape index (κ3) is 3.77. The van der Waals surface area contributed by atoms with E-state index in [9.17, 15) is 4.79 Å². The molecule has 0 spiro atoms. The number of nitrogens with one attached hydrogen (secondary N) is 1. The number of carbonyl (C=O) groups is 1. The first-order chi connectivity index (χ1) is 6.34. The topological polar surface area (TPSA) is 38.3 Å². The number of carbonyl (C=O) groups excluding carboxylic acids is 1. The van der Waals surface area contributed by atoms with Gasteiger partial charge >= 0.3 is 0 Å². The Labute approximate surface area is 79.8 Å². The van der Waals surface area contributed by atoms with Gasteiger partial charge in [0.25, 0.3) is 0 Å². The molecule has 0 saturated heterocycles. The normalized spacial score (nSPS) is 16.7. The van der Waals surface area contributed by atoms with E-state index >= 15 is 0 Å². The summed E-state index contributed by atoms with van der Waals surface area (Å²) < 4.78 is 4.92. The van der Waals surface area contributed by atoms with Crippen LogP contribution >= 0.6 is 0 Å². The van der Waals surface area contributed by atoms with Gasteiger partial charge in [-0.25, -0.2) is 0 Å². The maximum atomic E-state index is 11.3. The molecule has 0 aliphatic heterocycles. The number of ether oxygens (including phenoxy) is 1. The standard InChI is InChI=1S/C10H19NO2/c1-13-8-3-2-7-11-10(12)9-5-4-6-9/h9H,2-8H2,1H3,(H,11,12). The molecular formula is C10H19NO2. The van der Waals surface area contributed by atoms with Gasteiger partial charge in [-0.1, -0.05) is 6.42 Å². The summed E-state index contributed by atoms with van der Waals surface area (Å²) in [6, 6.07) is 0. The maximum absolute atomic E-state index is 11.3. The molecule has 13 heavy (non-hydrogen) atoms. The third-order valence-corrected chi connectivity index (χ3v) is 2.55. The fourth-order valence-corrected chi connectivity index (χ4v) is 1.40. The minimum Gasteiger partial charge on any atom is -0.385 e. The Morgan fingerprint density at radius 1 is 1.46 bits per heavy atom. The minimum atomic E-state index is 0.253. The van der Waals surface area contributed by atoms with Gasteiger partial charge in [0.1, 0.15) is 0 Å². The molecule has 0 radical (unpaired) electrons. The summed E-state index contributed by atoms with van der Waals surface area (Å²) in [5, 5.41) is 2.95. The fraction of sp³-hybridized carbons (Fsp3) is 0.900. The van der Waals surface area contributed by atoms with Crippen LogP contribution in [-0.4, -0.2) is 26.2 Å². The molecule has 1 fully saturated rings. The summed E-state index contributed by atoms with van der Waals surface area (Å²) in [5.74, 6) is 0.575. The smallest absolute Gasteiger partial charge is 0.223 e. The van der Waals surface area contributed by atoms with Crippen molar-refractivity contribution in [3.05, 3.63) is 0 Å². The van der Waals surface area contributed by atoms with Gasteiger partial charge in [0.05, 0.1) is 0 Å². The van der Waals surface area contributed by atoms with Gasteiger partial charge in [-0.3, -0.25) is 4.79 Å². The van der Waals surface area contributed by atoms with E-state index in [0.717, 1.165) is 38.8 Å². The van der Waals surface area contributed by atoms with E-state index in [1.54, 1.807) is 7.11 Å². The molecule has 0 aromatic carbocycles. The van der Waals surface area contributed by atoms with Crippen molar-refractivity contribution >= 4 is 5.91 Å². The second-order valence-corrected chi connectivity index (χ2v) is 3.62. The highest BCUT2D eigenvalue weighted by Gasteiger charge is 2.24. The quantitative estimate of drug-likeness (QED) is 0.634. The van der Waals surface area contributed by atoms with E-state index in [4.69, 9.17) is 4.74 Å².